The van der Waals surface area contributed by atoms with Gasteiger partial charge in [0.2, 0.25) is 0 Å². The van der Waals surface area contributed by atoms with E-state index in [9.17, 15) is 31.1 Å². The van der Waals surface area contributed by atoms with E-state index in [1.165, 1.54) is 5.32 Å². The third-order valence-corrected chi connectivity index (χ3v) is 1.70. The second-order valence-corrected chi connectivity index (χ2v) is 3.05. The maximum Gasteiger partial charge on any atom is 0.405 e. The highest BCUT2D eigenvalue weighted by atomic mass is 19.4. The number of carbonyl (C=O) groups excluding carboxylic acids is 1. The van der Waals surface area contributed by atoms with Crippen molar-refractivity contribution in [3.63, 3.8) is 0 Å². The number of halogens is 6. The number of nitrogens with one attached hydrogen (secondary N) is 1. The first-order valence-electron chi connectivity index (χ1n) is 4.20. The molecule has 0 unspecified atom stereocenters. The fourth-order valence-corrected chi connectivity index (χ4v) is 0.969. The smallest absolute Gasteiger partial charge is 0.343 e. The lowest BCUT2D eigenvalue weighted by atomic mass is 10.2. The summed E-state index contributed by atoms with van der Waals surface area (Å²) in [5.74, 6) is -6.44. The molecular formula is C9H5F6NO. The normalized spacial score (nSPS) is 11.4. The van der Waals surface area contributed by atoms with Gasteiger partial charge in [-0.15, -0.1) is 0 Å². The number of alkyl halides is 3. The number of hydrogen-bond donors (Lipinski definition) is 1. The Morgan fingerprint density at radius 2 is 1.59 bits per heavy atom. The summed E-state index contributed by atoms with van der Waals surface area (Å²) in [5.41, 5.74) is -0.731. The molecule has 1 aromatic carbocycles. The molecule has 1 N–H and O–H groups in total. The van der Waals surface area contributed by atoms with Crippen molar-refractivity contribution in [2.24, 2.45) is 0 Å². The van der Waals surface area contributed by atoms with Crippen LogP contribution in [-0.4, -0.2) is 18.6 Å². The summed E-state index contributed by atoms with van der Waals surface area (Å²) in [7, 11) is 0. The van der Waals surface area contributed by atoms with E-state index in [0.29, 0.717) is 12.1 Å². The van der Waals surface area contributed by atoms with Crippen LogP contribution in [0.2, 0.25) is 0 Å². The molecule has 1 aromatic rings. The standard InChI is InChI=1S/C9H5F6NO/c10-5-1-4(2-6(11)7(5)12)8(17)16-3-9(13,14)15/h1-2H,3H2,(H,16,17). The maximum absolute atomic E-state index is 12.7. The molecule has 1 amide bonds. The zero-order valence-corrected chi connectivity index (χ0v) is 8.04. The molecule has 1 rings (SSSR count). The van der Waals surface area contributed by atoms with Crippen LogP contribution in [0.5, 0.6) is 0 Å². The molecule has 0 saturated heterocycles. The van der Waals surface area contributed by atoms with Crippen LogP contribution in [0.25, 0.3) is 0 Å². The molecule has 0 aliphatic heterocycles. The molecule has 0 atom stereocenters. The fraction of sp³-hybridized carbons (Fsp3) is 0.222. The SMILES string of the molecule is O=C(NCC(F)(F)F)c1cc(F)c(F)c(F)c1. The van der Waals surface area contributed by atoms with E-state index in [2.05, 4.69) is 0 Å². The van der Waals surface area contributed by atoms with Gasteiger partial charge in [0.05, 0.1) is 0 Å². The van der Waals surface area contributed by atoms with Gasteiger partial charge in [0.25, 0.3) is 5.91 Å². The van der Waals surface area contributed by atoms with Crippen molar-refractivity contribution in [3.05, 3.63) is 35.1 Å². The number of amides is 1. The summed E-state index contributed by atoms with van der Waals surface area (Å²) >= 11 is 0. The van der Waals surface area contributed by atoms with Crippen LogP contribution in [0.15, 0.2) is 12.1 Å². The van der Waals surface area contributed by atoms with Gasteiger partial charge in [-0.2, -0.15) is 13.2 Å². The molecule has 0 saturated carbocycles. The molecule has 8 heteroatoms. The highest BCUT2D eigenvalue weighted by molar-refractivity contribution is 5.94. The number of carbonyl (C=O) groups is 1. The predicted molar refractivity (Wildman–Crippen MR) is 44.7 cm³/mol. The summed E-state index contributed by atoms with van der Waals surface area (Å²) in [6, 6.07) is 0.619. The van der Waals surface area contributed by atoms with Gasteiger partial charge in [0.15, 0.2) is 17.5 Å². The second-order valence-electron chi connectivity index (χ2n) is 3.05. The third kappa shape index (κ3) is 3.65. The number of benzene rings is 1. The zero-order chi connectivity index (χ0) is 13.2. The van der Waals surface area contributed by atoms with E-state index in [1.54, 1.807) is 0 Å². The molecule has 0 aliphatic rings. The molecule has 0 aromatic heterocycles. The van der Waals surface area contributed by atoms with Crippen LogP contribution >= 0.6 is 0 Å². The van der Waals surface area contributed by atoms with Crippen LogP contribution in [-0.2, 0) is 0 Å². The summed E-state index contributed by atoms with van der Waals surface area (Å²) in [5, 5.41) is 1.39. The quantitative estimate of drug-likeness (QED) is 0.639. The Balaban J connectivity index is 2.84. The molecule has 94 valence electrons. The lowest BCUT2D eigenvalue weighted by Gasteiger charge is -2.08. The Kier molecular flexibility index (Phi) is 3.64. The van der Waals surface area contributed by atoms with Gasteiger partial charge in [0, 0.05) is 5.56 Å². The van der Waals surface area contributed by atoms with Crippen molar-refractivity contribution in [2.45, 2.75) is 6.18 Å². The molecule has 17 heavy (non-hydrogen) atoms. The highest BCUT2D eigenvalue weighted by Crippen LogP contribution is 2.15. The van der Waals surface area contributed by atoms with Gasteiger partial charge in [-0.3, -0.25) is 4.79 Å². The minimum absolute atomic E-state index is 0.310. The minimum Gasteiger partial charge on any atom is -0.343 e. The number of hydrogen-bond acceptors (Lipinski definition) is 1. The molecule has 0 spiro atoms. The van der Waals surface area contributed by atoms with Gasteiger partial charge in [-0.25, -0.2) is 13.2 Å². The molecule has 0 bridgehead atoms. The summed E-state index contributed by atoms with van der Waals surface area (Å²) < 4.78 is 73.0. The minimum atomic E-state index is -4.65. The van der Waals surface area contributed by atoms with Crippen molar-refractivity contribution in [3.8, 4) is 0 Å². The van der Waals surface area contributed by atoms with Crippen LogP contribution < -0.4 is 5.32 Å². The van der Waals surface area contributed by atoms with Crippen LogP contribution in [0.4, 0.5) is 26.3 Å². The highest BCUT2D eigenvalue weighted by Gasteiger charge is 2.28. The predicted octanol–water partition coefficient (Wildman–Crippen LogP) is 2.40. The van der Waals surface area contributed by atoms with Gasteiger partial charge in [0.1, 0.15) is 6.54 Å². The number of rotatable bonds is 2. The Morgan fingerprint density at radius 3 is 2.00 bits per heavy atom. The van der Waals surface area contributed by atoms with E-state index in [4.69, 9.17) is 0 Å². The zero-order valence-electron chi connectivity index (χ0n) is 8.04. The van der Waals surface area contributed by atoms with Crippen molar-refractivity contribution in [1.29, 1.82) is 0 Å². The maximum atomic E-state index is 12.7. The van der Waals surface area contributed by atoms with Gasteiger partial charge in [-0.05, 0) is 12.1 Å². The molecular weight excluding hydrogens is 252 g/mol. The fourth-order valence-electron chi connectivity index (χ4n) is 0.969. The van der Waals surface area contributed by atoms with E-state index < -0.39 is 41.6 Å². The first kappa shape index (κ1) is 13.3. The second kappa shape index (κ2) is 4.64. The van der Waals surface area contributed by atoms with Gasteiger partial charge in [-0.1, -0.05) is 0 Å². The monoisotopic (exact) mass is 257 g/mol. The average molecular weight is 257 g/mol. The largest absolute Gasteiger partial charge is 0.405 e. The molecule has 0 aliphatic carbocycles. The third-order valence-electron chi connectivity index (χ3n) is 1.70. The molecule has 2 nitrogen and oxygen atoms in total. The van der Waals surface area contributed by atoms with Crippen molar-refractivity contribution in [2.75, 3.05) is 6.54 Å². The Bertz CT molecular complexity index is 419. The lowest BCUT2D eigenvalue weighted by molar-refractivity contribution is -0.123. The van der Waals surface area contributed by atoms with Crippen molar-refractivity contribution >= 4 is 5.91 Å². The summed E-state index contributed by atoms with van der Waals surface area (Å²) in [6.45, 7) is -1.65. The van der Waals surface area contributed by atoms with Crippen LogP contribution in [0.1, 0.15) is 10.4 Å². The van der Waals surface area contributed by atoms with E-state index >= 15 is 0 Å². The van der Waals surface area contributed by atoms with Gasteiger partial charge >= 0.3 is 6.18 Å². The lowest BCUT2D eigenvalue weighted by Crippen LogP contribution is -2.33. The summed E-state index contributed by atoms with van der Waals surface area (Å²) in [4.78, 5) is 11.0. The molecule has 0 fully saturated rings. The van der Waals surface area contributed by atoms with Crippen LogP contribution in [0, 0.1) is 17.5 Å². The first-order chi connectivity index (χ1) is 7.70. The Labute approximate surface area is 91.2 Å². The van der Waals surface area contributed by atoms with Gasteiger partial charge < -0.3 is 5.32 Å². The van der Waals surface area contributed by atoms with Crippen molar-refractivity contribution < 1.29 is 31.1 Å². The molecule has 0 heterocycles. The Morgan fingerprint density at radius 1 is 1.12 bits per heavy atom. The summed E-state index contributed by atoms with van der Waals surface area (Å²) in [6.07, 6.45) is -4.65. The topological polar surface area (TPSA) is 29.1 Å². The van der Waals surface area contributed by atoms with E-state index in [-0.39, 0.29) is 0 Å². The van der Waals surface area contributed by atoms with E-state index in [1.807, 2.05) is 0 Å². The van der Waals surface area contributed by atoms with Crippen molar-refractivity contribution in [1.82, 2.24) is 5.32 Å². The Hall–Kier alpha value is -1.73. The van der Waals surface area contributed by atoms with E-state index in [0.717, 1.165) is 0 Å². The molecule has 0 radical (unpaired) electrons. The first-order valence-corrected chi connectivity index (χ1v) is 4.20. The van der Waals surface area contributed by atoms with Crippen LogP contribution in [0.3, 0.4) is 0 Å². The average Bonchev–Trinajstić information content (AvgIpc) is 2.20.